The van der Waals surface area contributed by atoms with Crippen LogP contribution in [0, 0.1) is 6.92 Å². The predicted molar refractivity (Wildman–Crippen MR) is 93.6 cm³/mol. The number of nitrogens with zero attached hydrogens (tertiary/aromatic N) is 3. The average molecular weight is 348 g/mol. The molecule has 0 saturated heterocycles. The average Bonchev–Trinajstić information content (AvgIpc) is 2.78. The van der Waals surface area contributed by atoms with Crippen molar-refractivity contribution in [2.45, 2.75) is 13.8 Å². The third-order valence-electron chi connectivity index (χ3n) is 3.96. The van der Waals surface area contributed by atoms with Gasteiger partial charge in [-0.3, -0.25) is 0 Å². The van der Waals surface area contributed by atoms with E-state index in [1.165, 1.54) is 6.33 Å². The number of carbonyl (C=O) groups excluding carboxylic acids is 1. The van der Waals surface area contributed by atoms with Crippen LogP contribution >= 0.6 is 12.4 Å². The second kappa shape index (κ2) is 6.88. The lowest BCUT2D eigenvalue weighted by molar-refractivity contribution is 0.0527. The summed E-state index contributed by atoms with van der Waals surface area (Å²) in [5.74, 6) is -0.311. The zero-order valence-corrected chi connectivity index (χ0v) is 14.4. The maximum Gasteiger partial charge on any atom is 0.340 e. The number of phenolic OH excluding ortho intramolecular Hbond substituents is 1. The zero-order valence-electron chi connectivity index (χ0n) is 13.6. The molecule has 0 aliphatic rings. The Morgan fingerprint density at radius 3 is 2.58 bits per heavy atom. The highest BCUT2D eigenvalue weighted by atomic mass is 35.5. The molecule has 0 spiro atoms. The Kier molecular flexibility index (Phi) is 5.09. The van der Waals surface area contributed by atoms with Crippen LogP contribution in [0.4, 0.5) is 0 Å². The van der Waals surface area contributed by atoms with Crippen molar-refractivity contribution < 1.29 is 14.6 Å². The summed E-state index contributed by atoms with van der Waals surface area (Å²) in [5.41, 5.74) is 3.44. The largest absolute Gasteiger partial charge is 0.507 e. The van der Waals surface area contributed by atoms with E-state index in [-0.39, 0.29) is 24.1 Å². The molecule has 0 fully saturated rings. The minimum Gasteiger partial charge on any atom is -0.507 e. The van der Waals surface area contributed by atoms with Gasteiger partial charge in [0.2, 0.25) is 0 Å². The van der Waals surface area contributed by atoms with Gasteiger partial charge in [0.25, 0.3) is 0 Å². The quantitative estimate of drug-likeness (QED) is 0.736. The number of hydrogen-bond acceptors (Lipinski definition) is 5. The number of aryl methyl sites for hydroxylation is 1. The number of ether oxygens (including phenoxy) is 1. The van der Waals surface area contributed by atoms with E-state index in [0.29, 0.717) is 28.7 Å². The fourth-order valence-corrected chi connectivity index (χ4v) is 2.73. The van der Waals surface area contributed by atoms with Crippen molar-refractivity contribution in [2.24, 2.45) is 7.05 Å². The number of hydrogen-bond donors (Lipinski definition) is 1. The van der Waals surface area contributed by atoms with Crippen LogP contribution in [0.3, 0.4) is 0 Å². The van der Waals surface area contributed by atoms with E-state index in [4.69, 9.17) is 4.74 Å². The summed E-state index contributed by atoms with van der Waals surface area (Å²) < 4.78 is 7.04. The van der Waals surface area contributed by atoms with Crippen LogP contribution in [0.15, 0.2) is 30.9 Å². The topological polar surface area (TPSA) is 77.2 Å². The van der Waals surface area contributed by atoms with E-state index in [2.05, 4.69) is 9.97 Å². The van der Waals surface area contributed by atoms with Crippen LogP contribution in [-0.2, 0) is 11.8 Å². The van der Waals surface area contributed by atoms with Gasteiger partial charge in [-0.15, -0.1) is 12.4 Å². The van der Waals surface area contributed by atoms with Crippen LogP contribution in [0.1, 0.15) is 23.0 Å². The van der Waals surface area contributed by atoms with Gasteiger partial charge < -0.3 is 14.4 Å². The third kappa shape index (κ3) is 2.80. The van der Waals surface area contributed by atoms with Crippen LogP contribution in [-0.4, -0.2) is 32.2 Å². The molecule has 0 bridgehead atoms. The molecular formula is C17H18ClN3O3. The van der Waals surface area contributed by atoms with Crippen LogP contribution < -0.4 is 0 Å². The van der Waals surface area contributed by atoms with Crippen molar-refractivity contribution >= 4 is 29.3 Å². The van der Waals surface area contributed by atoms with Gasteiger partial charge in [-0.1, -0.05) is 0 Å². The molecule has 126 valence electrons. The maximum atomic E-state index is 12.2. The van der Waals surface area contributed by atoms with Gasteiger partial charge in [-0.2, -0.15) is 0 Å². The summed E-state index contributed by atoms with van der Waals surface area (Å²) in [7, 11) is 1.88. The number of rotatable bonds is 3. The van der Waals surface area contributed by atoms with Gasteiger partial charge in [-0.05, 0) is 26.0 Å². The molecule has 3 aromatic rings. The number of halogens is 1. The van der Waals surface area contributed by atoms with Crippen molar-refractivity contribution in [3.63, 3.8) is 0 Å². The fraction of sp³-hybridized carbons (Fsp3) is 0.235. The molecule has 0 saturated carbocycles. The number of carbonyl (C=O) groups is 1. The zero-order chi connectivity index (χ0) is 16.6. The summed E-state index contributed by atoms with van der Waals surface area (Å²) in [6.45, 7) is 3.93. The SMILES string of the molecule is CCOC(=O)c1c(C)n(C)c2cc(-c3cncnc3)c(O)cc12.Cl. The summed E-state index contributed by atoms with van der Waals surface area (Å²) in [5, 5.41) is 11.0. The standard InChI is InChI=1S/C17H17N3O3.ClH/c1-4-23-17(22)16-10(2)20(3)14-5-12(15(21)6-13(14)16)11-7-18-9-19-8-11;/h5-9,21H,4H2,1-3H3;1H. The van der Waals surface area contributed by atoms with Gasteiger partial charge in [0.1, 0.15) is 12.1 Å². The Hall–Kier alpha value is -2.60. The summed E-state index contributed by atoms with van der Waals surface area (Å²) >= 11 is 0. The second-order valence-corrected chi connectivity index (χ2v) is 5.25. The van der Waals surface area contributed by atoms with E-state index in [9.17, 15) is 9.90 Å². The Morgan fingerprint density at radius 2 is 1.96 bits per heavy atom. The highest BCUT2D eigenvalue weighted by Gasteiger charge is 2.21. The van der Waals surface area contributed by atoms with E-state index in [0.717, 1.165) is 11.2 Å². The highest BCUT2D eigenvalue weighted by molar-refractivity contribution is 6.07. The Balaban J connectivity index is 0.00000208. The number of aromatic hydroxyl groups is 1. The van der Waals surface area contributed by atoms with E-state index in [1.54, 1.807) is 25.4 Å². The lowest BCUT2D eigenvalue weighted by atomic mass is 10.0. The molecule has 0 atom stereocenters. The van der Waals surface area contributed by atoms with Gasteiger partial charge >= 0.3 is 5.97 Å². The van der Waals surface area contributed by atoms with E-state index < -0.39 is 0 Å². The molecule has 6 nitrogen and oxygen atoms in total. The predicted octanol–water partition coefficient (Wildman–Crippen LogP) is 3.25. The maximum absolute atomic E-state index is 12.2. The normalized spacial score (nSPS) is 10.5. The van der Waals surface area contributed by atoms with Crippen molar-refractivity contribution in [3.8, 4) is 16.9 Å². The molecule has 2 aromatic heterocycles. The molecule has 0 aliphatic heterocycles. The lowest BCUT2D eigenvalue weighted by Crippen LogP contribution is -2.06. The van der Waals surface area contributed by atoms with Crippen molar-refractivity contribution in [3.05, 3.63) is 42.1 Å². The van der Waals surface area contributed by atoms with Crippen molar-refractivity contribution in [1.29, 1.82) is 0 Å². The molecule has 1 aromatic carbocycles. The summed E-state index contributed by atoms with van der Waals surface area (Å²) in [6.07, 6.45) is 4.70. The first kappa shape index (κ1) is 17.7. The van der Waals surface area contributed by atoms with Crippen LogP contribution in [0.25, 0.3) is 22.0 Å². The first-order valence-electron chi connectivity index (χ1n) is 7.29. The molecule has 0 amide bonds. The van der Waals surface area contributed by atoms with Crippen molar-refractivity contribution in [2.75, 3.05) is 6.61 Å². The van der Waals surface area contributed by atoms with Crippen LogP contribution in [0.2, 0.25) is 0 Å². The molecule has 1 N–H and O–H groups in total. The molecule has 2 heterocycles. The van der Waals surface area contributed by atoms with E-state index in [1.807, 2.05) is 24.6 Å². The number of aromatic nitrogens is 3. The monoisotopic (exact) mass is 347 g/mol. The molecule has 0 radical (unpaired) electrons. The molecule has 3 rings (SSSR count). The first-order chi connectivity index (χ1) is 11.0. The second-order valence-electron chi connectivity index (χ2n) is 5.25. The third-order valence-corrected chi connectivity index (χ3v) is 3.96. The van der Waals surface area contributed by atoms with Gasteiger partial charge in [-0.25, -0.2) is 14.8 Å². The van der Waals surface area contributed by atoms with Gasteiger partial charge in [0.05, 0.1) is 12.2 Å². The van der Waals surface area contributed by atoms with Crippen molar-refractivity contribution in [1.82, 2.24) is 14.5 Å². The molecule has 0 aliphatic carbocycles. The smallest absolute Gasteiger partial charge is 0.340 e. The Morgan fingerprint density at radius 1 is 1.29 bits per heavy atom. The first-order valence-corrected chi connectivity index (χ1v) is 7.29. The molecule has 24 heavy (non-hydrogen) atoms. The van der Waals surface area contributed by atoms with Gasteiger partial charge in [0, 0.05) is 47.2 Å². The number of benzene rings is 1. The molecular weight excluding hydrogens is 330 g/mol. The van der Waals surface area contributed by atoms with Gasteiger partial charge in [0.15, 0.2) is 0 Å². The van der Waals surface area contributed by atoms with E-state index >= 15 is 0 Å². The number of esters is 1. The summed E-state index contributed by atoms with van der Waals surface area (Å²) in [4.78, 5) is 20.2. The van der Waals surface area contributed by atoms with Crippen LogP contribution in [0.5, 0.6) is 5.75 Å². The highest BCUT2D eigenvalue weighted by Crippen LogP contribution is 2.36. The minimum absolute atomic E-state index is 0. The minimum atomic E-state index is -0.384. The Labute approximate surface area is 145 Å². The Bertz CT molecular complexity index is 891. The summed E-state index contributed by atoms with van der Waals surface area (Å²) in [6, 6.07) is 3.43. The fourth-order valence-electron chi connectivity index (χ4n) is 2.73. The number of fused-ring (bicyclic) bond motifs is 1. The lowest BCUT2D eigenvalue weighted by Gasteiger charge is -2.06. The molecule has 7 heteroatoms. The molecule has 0 unspecified atom stereocenters. The number of phenols is 1.